The summed E-state index contributed by atoms with van der Waals surface area (Å²) in [5.41, 5.74) is 5.26. The molecule has 7 nitrogen and oxygen atoms in total. The summed E-state index contributed by atoms with van der Waals surface area (Å²) < 4.78 is 56.7. The number of nitriles is 2. The van der Waals surface area contributed by atoms with Crippen molar-refractivity contribution in [2.24, 2.45) is 0 Å². The maximum Gasteiger partial charge on any atom is 0.270 e. The van der Waals surface area contributed by atoms with Crippen molar-refractivity contribution in [2.75, 3.05) is 0 Å². The number of rotatable bonds is 24. The quantitative estimate of drug-likeness (QED) is 0.0150. The molecule has 432 valence electrons. The highest BCUT2D eigenvalue weighted by Gasteiger charge is 2.34. The molecule has 0 amide bonds. The fourth-order valence-electron chi connectivity index (χ4n) is 9.93. The molecule has 0 bridgehead atoms. The average Bonchev–Trinajstić information content (AvgIpc) is 3.87. The van der Waals surface area contributed by atoms with E-state index in [2.05, 4.69) is 93.5 Å². The minimum atomic E-state index is -1.14. The average molecular weight is 1330 g/mol. The number of allylic oxidation sites excluding steroid dienone is 5. The van der Waals surface area contributed by atoms with Crippen molar-refractivity contribution in [1.29, 1.82) is 10.5 Å². The van der Waals surface area contributed by atoms with E-state index < -0.39 is 34.8 Å². The molecule has 0 saturated heterocycles. The Labute approximate surface area is 518 Å². The topological polar surface area (TPSA) is 108 Å². The first-order valence-electron chi connectivity index (χ1n) is 28.2. The summed E-state index contributed by atoms with van der Waals surface area (Å²) in [4.78, 5) is 49.1. The van der Waals surface area contributed by atoms with Crippen molar-refractivity contribution in [3.05, 3.63) is 173 Å². The summed E-state index contributed by atoms with van der Waals surface area (Å²) in [6.07, 6.45) is 26.2. The maximum absolute atomic E-state index is 14.2. The van der Waals surface area contributed by atoms with Crippen LogP contribution in [0.25, 0.3) is 46.4 Å². The van der Waals surface area contributed by atoms with Gasteiger partial charge in [0, 0.05) is 53.1 Å². The molecule has 0 saturated carbocycles. The van der Waals surface area contributed by atoms with Crippen molar-refractivity contribution in [1.82, 2.24) is 0 Å². The standard InChI is InChI=1S/C33H31BrF2N2OS2.C21H29BrOS2.C12H4F2N2O/c1-4-6-8-10-12-20-14-22(40-32(20)29-15-21(33(34)41-29)13-11-9-7-5-2)16-25-30(28(19-37)38-3)23-17-26(35)27(36)18-24(23)31(25)39;1-3-5-7-9-11-16-13-18(15-23)24-20(16)19-14-17(21(22)25-19)12-10-8-6-4-2;1-16-11(5-15)7-4-12(17)8-3-10(14)9(13)2-6(7)8/h14-18H,4-13H2,1-2H3;13-15H,3-12H2,1-2H3;2-3H,4H2/b25-16-,30-28-;;11-7+. The molecule has 2 aromatic carbocycles. The first-order valence-corrected chi connectivity index (χ1v) is 33.0. The van der Waals surface area contributed by atoms with E-state index >= 15 is 0 Å². The number of carbonyl (C=O) groups is 3. The first-order chi connectivity index (χ1) is 40.1. The van der Waals surface area contributed by atoms with Gasteiger partial charge in [0.2, 0.25) is 0 Å². The van der Waals surface area contributed by atoms with Crippen LogP contribution in [0, 0.1) is 59.1 Å². The number of aryl methyl sites for hydroxylation is 4. The number of hydrogen-bond donors (Lipinski definition) is 0. The van der Waals surface area contributed by atoms with Crippen LogP contribution in [0.2, 0.25) is 0 Å². The Morgan fingerprint density at radius 3 is 1.39 bits per heavy atom. The number of unbranched alkanes of at least 4 members (excludes halogenated alkanes) is 12. The molecular formula is C66H64Br2F4N4O3S4. The lowest BCUT2D eigenvalue weighted by Crippen LogP contribution is -1.97. The van der Waals surface area contributed by atoms with Crippen molar-refractivity contribution < 1.29 is 31.9 Å². The monoisotopic (exact) mass is 1320 g/mol. The fourth-order valence-corrected chi connectivity index (χ4v) is 15.9. The second-order valence-corrected chi connectivity index (χ2v) is 27.2. The predicted octanol–water partition coefficient (Wildman–Crippen LogP) is 22.2. The summed E-state index contributed by atoms with van der Waals surface area (Å²) in [5, 5.41) is 18.4. The Kier molecular flexibility index (Phi) is 26.3. The molecule has 8 rings (SSSR count). The zero-order valence-electron chi connectivity index (χ0n) is 47.0. The van der Waals surface area contributed by atoms with E-state index in [-0.39, 0.29) is 56.8 Å². The summed E-state index contributed by atoms with van der Waals surface area (Å²) in [6, 6.07) is 15.7. The van der Waals surface area contributed by atoms with Gasteiger partial charge in [-0.05, 0) is 177 Å². The number of ketones is 2. The number of halogens is 6. The minimum absolute atomic E-state index is 0.0234. The number of carbonyl (C=O) groups excluding carboxylic acids is 3. The number of fused-ring (bicyclic) bond motifs is 2. The summed E-state index contributed by atoms with van der Waals surface area (Å²) in [5.74, 6) is -5.40. The lowest BCUT2D eigenvalue weighted by molar-refractivity contribution is 0.100. The van der Waals surface area contributed by atoms with Gasteiger partial charge in [0.15, 0.2) is 41.1 Å². The molecule has 0 unspecified atom stereocenters. The third-order valence-corrected chi connectivity index (χ3v) is 20.8. The molecule has 4 heterocycles. The van der Waals surface area contributed by atoms with Gasteiger partial charge in [-0.1, -0.05) is 105 Å². The van der Waals surface area contributed by atoms with E-state index in [1.54, 1.807) is 46.2 Å². The first kappa shape index (κ1) is 66.3. The van der Waals surface area contributed by atoms with Gasteiger partial charge in [-0.15, -0.1) is 45.3 Å². The highest BCUT2D eigenvalue weighted by molar-refractivity contribution is 9.11. The van der Waals surface area contributed by atoms with Crippen LogP contribution in [0.1, 0.15) is 205 Å². The molecule has 0 radical (unpaired) electrons. The van der Waals surface area contributed by atoms with Gasteiger partial charge in [0.25, 0.3) is 11.4 Å². The lowest BCUT2D eigenvalue weighted by atomic mass is 10.0. The number of nitrogens with zero attached hydrogens (tertiary/aromatic N) is 4. The van der Waals surface area contributed by atoms with E-state index in [1.807, 2.05) is 17.4 Å². The molecule has 0 atom stereocenters. The Bertz CT molecular complexity index is 3580. The van der Waals surface area contributed by atoms with Crippen LogP contribution >= 0.6 is 77.2 Å². The molecule has 0 aliphatic heterocycles. The number of hydrogen-bond acceptors (Lipinski definition) is 9. The Hall–Kier alpha value is -5.89. The predicted molar refractivity (Wildman–Crippen MR) is 340 cm³/mol. The SMILES string of the molecule is CCCCCCc1cc(-c2sc(C=O)cc2CCCCCC)sc1Br.[C-]#[N+]/C(C#N)=C1\C(=C\c2cc(CCCCCC)c(-c3cc(CCCCCC)c(Br)s3)s2)C(=O)c2cc(F)c(F)cc21.[C-]#[N+]/C(C#N)=C1\CC(=O)c2cc(F)c(F)cc21. The summed E-state index contributed by atoms with van der Waals surface area (Å²) in [7, 11) is 0. The van der Waals surface area contributed by atoms with Crippen molar-refractivity contribution in [3.63, 3.8) is 0 Å². The number of thiophene rings is 4. The Balaban J connectivity index is 0.000000222. The molecule has 4 aromatic heterocycles. The van der Waals surface area contributed by atoms with Crippen molar-refractivity contribution in [2.45, 2.75) is 163 Å². The molecule has 2 aliphatic rings. The molecule has 0 N–H and O–H groups in total. The Morgan fingerprint density at radius 1 is 0.542 bits per heavy atom. The van der Waals surface area contributed by atoms with Crippen LogP contribution < -0.4 is 0 Å². The minimum Gasteiger partial charge on any atom is -0.297 e. The molecule has 17 heteroatoms. The van der Waals surface area contributed by atoms with Crippen LogP contribution in [0.15, 0.2) is 73.1 Å². The number of Topliss-reactive ketones (excluding diaryl/α,β-unsaturated/α-hetero) is 2. The zero-order chi connectivity index (χ0) is 60.2. The third kappa shape index (κ3) is 17.2. The third-order valence-electron chi connectivity index (χ3n) is 14.3. The highest BCUT2D eigenvalue weighted by Crippen LogP contribution is 2.46. The van der Waals surface area contributed by atoms with Crippen LogP contribution in [-0.4, -0.2) is 17.9 Å². The second kappa shape index (κ2) is 33.0. The van der Waals surface area contributed by atoms with Gasteiger partial charge in [0.1, 0.15) is 0 Å². The Morgan fingerprint density at radius 2 is 0.952 bits per heavy atom. The van der Waals surface area contributed by atoms with Crippen LogP contribution in [-0.2, 0) is 25.7 Å². The summed E-state index contributed by atoms with van der Waals surface area (Å²) in [6.45, 7) is 23.2. The van der Waals surface area contributed by atoms with Gasteiger partial charge >= 0.3 is 0 Å². The normalized spacial score (nSPS) is 14.0. The second-order valence-electron chi connectivity index (χ2n) is 20.3. The molecule has 0 fully saturated rings. The van der Waals surface area contributed by atoms with E-state index in [4.69, 9.17) is 18.4 Å². The lowest BCUT2D eigenvalue weighted by Gasteiger charge is -2.02. The van der Waals surface area contributed by atoms with E-state index in [9.17, 15) is 37.2 Å². The molecule has 6 aromatic rings. The van der Waals surface area contributed by atoms with Crippen LogP contribution in [0.3, 0.4) is 0 Å². The fraction of sp³-hybridized carbons (Fsp3) is 0.379. The highest BCUT2D eigenvalue weighted by atomic mass is 79.9. The van der Waals surface area contributed by atoms with Gasteiger partial charge in [-0.25, -0.2) is 37.8 Å². The number of benzene rings is 2. The van der Waals surface area contributed by atoms with Crippen molar-refractivity contribution in [3.8, 4) is 31.6 Å². The van der Waals surface area contributed by atoms with Gasteiger partial charge in [0.05, 0.1) is 37.7 Å². The van der Waals surface area contributed by atoms with Crippen LogP contribution in [0.4, 0.5) is 17.6 Å². The van der Waals surface area contributed by atoms with E-state index in [1.165, 1.54) is 118 Å². The summed E-state index contributed by atoms with van der Waals surface area (Å²) >= 11 is 14.3. The molecule has 0 spiro atoms. The van der Waals surface area contributed by atoms with Gasteiger partial charge < -0.3 is 0 Å². The van der Waals surface area contributed by atoms with Gasteiger partial charge in [-0.3, -0.25) is 14.4 Å². The van der Waals surface area contributed by atoms with E-state index in [0.29, 0.717) is 0 Å². The zero-order valence-corrected chi connectivity index (χ0v) is 53.5. The van der Waals surface area contributed by atoms with E-state index in [0.717, 1.165) is 100 Å². The number of aldehydes is 1. The largest absolute Gasteiger partial charge is 0.297 e. The van der Waals surface area contributed by atoms with Crippen molar-refractivity contribution >= 4 is 112 Å². The molecule has 2 aliphatic carbocycles. The van der Waals surface area contributed by atoms with Gasteiger partial charge in [-0.2, -0.15) is 0 Å². The van der Waals surface area contributed by atoms with Crippen LogP contribution in [0.5, 0.6) is 0 Å². The molecular weight excluding hydrogens is 1260 g/mol. The maximum atomic E-state index is 14.2. The molecule has 83 heavy (non-hydrogen) atoms. The smallest absolute Gasteiger partial charge is 0.270 e.